The fourth-order valence-corrected chi connectivity index (χ4v) is 2.53. The van der Waals surface area contributed by atoms with Gasteiger partial charge in [0.15, 0.2) is 0 Å². The van der Waals surface area contributed by atoms with Crippen LogP contribution in [0, 0.1) is 5.41 Å². The molecule has 2 aromatic carbocycles. The Balaban J connectivity index is 2.36. The maximum atomic E-state index is 10.7. The zero-order valence-corrected chi connectivity index (χ0v) is 13.1. The second-order valence-corrected chi connectivity index (χ2v) is 6.22. The molecule has 0 radical (unpaired) electrons. The number of ether oxygens (including phenoxy) is 1. The predicted molar refractivity (Wildman–Crippen MR) is 85.9 cm³/mol. The van der Waals surface area contributed by atoms with Crippen LogP contribution in [-0.2, 0) is 0 Å². The van der Waals surface area contributed by atoms with E-state index in [9.17, 15) is 5.21 Å². The summed E-state index contributed by atoms with van der Waals surface area (Å²) < 4.78 is 5.16. The lowest BCUT2D eigenvalue weighted by Gasteiger charge is -2.37. The van der Waals surface area contributed by atoms with Crippen LogP contribution in [0.3, 0.4) is 0 Å². The van der Waals surface area contributed by atoms with E-state index in [0.29, 0.717) is 0 Å². The summed E-state index contributed by atoms with van der Waals surface area (Å²) in [5, 5.41) is 12.1. The molecule has 3 nitrogen and oxygen atoms in total. The topological polar surface area (TPSA) is 32.7 Å². The molecule has 0 spiro atoms. The second-order valence-electron chi connectivity index (χ2n) is 6.22. The van der Waals surface area contributed by atoms with Gasteiger partial charge in [0.25, 0.3) is 0 Å². The van der Waals surface area contributed by atoms with Gasteiger partial charge >= 0.3 is 0 Å². The summed E-state index contributed by atoms with van der Waals surface area (Å²) in [5.41, 5.74) is 1.72. The molecule has 0 saturated heterocycles. The molecule has 0 heterocycles. The minimum atomic E-state index is -0.132. The Morgan fingerprint density at radius 3 is 2.00 bits per heavy atom. The molecule has 3 heteroatoms. The zero-order valence-electron chi connectivity index (χ0n) is 13.1. The second kappa shape index (κ2) is 6.19. The van der Waals surface area contributed by atoms with Gasteiger partial charge in [-0.1, -0.05) is 51.1 Å². The fourth-order valence-electron chi connectivity index (χ4n) is 2.53. The van der Waals surface area contributed by atoms with Crippen molar-refractivity contribution in [3.8, 4) is 5.75 Å². The van der Waals surface area contributed by atoms with Crippen molar-refractivity contribution in [1.29, 1.82) is 0 Å². The molecule has 21 heavy (non-hydrogen) atoms. The Morgan fingerprint density at radius 1 is 0.952 bits per heavy atom. The molecule has 1 atom stereocenters. The zero-order chi connectivity index (χ0) is 15.5. The first kappa shape index (κ1) is 15.4. The van der Waals surface area contributed by atoms with Crippen LogP contribution in [-0.4, -0.2) is 12.3 Å². The van der Waals surface area contributed by atoms with E-state index in [4.69, 9.17) is 4.74 Å². The maximum absolute atomic E-state index is 10.7. The van der Waals surface area contributed by atoms with Crippen molar-refractivity contribution >= 4 is 5.69 Å². The summed E-state index contributed by atoms with van der Waals surface area (Å²) in [4.78, 5) is 0. The highest BCUT2D eigenvalue weighted by atomic mass is 16.5. The van der Waals surface area contributed by atoms with Gasteiger partial charge in [0.05, 0.1) is 18.8 Å². The predicted octanol–water partition coefficient (Wildman–Crippen LogP) is 4.68. The van der Waals surface area contributed by atoms with Gasteiger partial charge in [-0.2, -0.15) is 0 Å². The van der Waals surface area contributed by atoms with Crippen LogP contribution in [0.15, 0.2) is 54.6 Å². The molecule has 0 fully saturated rings. The van der Waals surface area contributed by atoms with E-state index in [0.717, 1.165) is 17.0 Å². The lowest BCUT2D eigenvalue weighted by atomic mass is 9.82. The molecule has 0 amide bonds. The van der Waals surface area contributed by atoms with E-state index >= 15 is 0 Å². The summed E-state index contributed by atoms with van der Waals surface area (Å²) >= 11 is 0. The Hall–Kier alpha value is -2.00. The summed E-state index contributed by atoms with van der Waals surface area (Å²) in [5.74, 6) is 0.777. The van der Waals surface area contributed by atoms with Gasteiger partial charge in [0, 0.05) is 0 Å². The third-order valence-electron chi connectivity index (χ3n) is 3.52. The van der Waals surface area contributed by atoms with Crippen molar-refractivity contribution in [2.24, 2.45) is 5.41 Å². The largest absolute Gasteiger partial charge is 0.497 e. The van der Waals surface area contributed by atoms with Crippen molar-refractivity contribution in [3.63, 3.8) is 0 Å². The van der Waals surface area contributed by atoms with Gasteiger partial charge in [-0.05, 0) is 35.2 Å². The van der Waals surface area contributed by atoms with Gasteiger partial charge < -0.3 is 4.74 Å². The van der Waals surface area contributed by atoms with Crippen molar-refractivity contribution in [2.75, 3.05) is 12.2 Å². The number of hydroxylamine groups is 1. The highest BCUT2D eigenvalue weighted by Gasteiger charge is 2.31. The quantitative estimate of drug-likeness (QED) is 0.828. The monoisotopic (exact) mass is 285 g/mol. The minimum Gasteiger partial charge on any atom is -0.497 e. The van der Waals surface area contributed by atoms with E-state index in [1.807, 2.05) is 54.6 Å². The van der Waals surface area contributed by atoms with E-state index in [1.54, 1.807) is 7.11 Å². The molecule has 112 valence electrons. The average molecular weight is 285 g/mol. The first-order chi connectivity index (χ1) is 9.93. The van der Waals surface area contributed by atoms with Gasteiger partial charge in [0.1, 0.15) is 5.75 Å². The molecule has 0 saturated carbocycles. The van der Waals surface area contributed by atoms with Crippen LogP contribution in [0.4, 0.5) is 5.69 Å². The number of hydrogen-bond donors (Lipinski definition) is 1. The Morgan fingerprint density at radius 2 is 1.52 bits per heavy atom. The van der Waals surface area contributed by atoms with Crippen LogP contribution in [0.1, 0.15) is 32.4 Å². The molecule has 1 unspecified atom stereocenters. The SMILES string of the molecule is COc1ccc(N(O)C(c2ccccc2)C(C)(C)C)cc1. The van der Waals surface area contributed by atoms with E-state index in [2.05, 4.69) is 20.8 Å². The molecule has 0 aliphatic heterocycles. The number of anilines is 1. The minimum absolute atomic E-state index is 0.115. The lowest BCUT2D eigenvalue weighted by Crippen LogP contribution is -2.34. The Kier molecular flexibility index (Phi) is 4.53. The number of methoxy groups -OCH3 is 1. The summed E-state index contributed by atoms with van der Waals surface area (Å²) in [6.45, 7) is 6.37. The van der Waals surface area contributed by atoms with E-state index < -0.39 is 0 Å². The first-order valence-electron chi connectivity index (χ1n) is 7.10. The van der Waals surface area contributed by atoms with Gasteiger partial charge in [-0.25, -0.2) is 5.06 Å². The maximum Gasteiger partial charge on any atom is 0.119 e. The van der Waals surface area contributed by atoms with Crippen molar-refractivity contribution < 1.29 is 9.94 Å². The average Bonchev–Trinajstić information content (AvgIpc) is 2.47. The number of hydrogen-bond acceptors (Lipinski definition) is 3. The van der Waals surface area contributed by atoms with Crippen molar-refractivity contribution in [3.05, 3.63) is 60.2 Å². The normalized spacial score (nSPS) is 12.8. The molecular weight excluding hydrogens is 262 g/mol. The molecule has 0 aliphatic carbocycles. The molecular formula is C18H23NO2. The summed E-state index contributed by atoms with van der Waals surface area (Å²) in [6, 6.07) is 17.4. The molecule has 2 rings (SSSR count). The van der Waals surface area contributed by atoms with E-state index in [1.165, 1.54) is 5.06 Å². The van der Waals surface area contributed by atoms with Crippen LogP contribution < -0.4 is 9.80 Å². The van der Waals surface area contributed by atoms with Crippen LogP contribution in [0.25, 0.3) is 0 Å². The highest BCUT2D eigenvalue weighted by Crippen LogP contribution is 2.39. The van der Waals surface area contributed by atoms with Crippen LogP contribution >= 0.6 is 0 Å². The summed E-state index contributed by atoms with van der Waals surface area (Å²) in [7, 11) is 1.63. The number of nitrogens with zero attached hydrogens (tertiary/aromatic N) is 1. The highest BCUT2D eigenvalue weighted by molar-refractivity contribution is 5.49. The molecule has 0 bridgehead atoms. The Bertz CT molecular complexity index is 558. The van der Waals surface area contributed by atoms with Gasteiger partial charge in [0.2, 0.25) is 0 Å². The summed E-state index contributed by atoms with van der Waals surface area (Å²) in [6.07, 6.45) is 0. The van der Waals surface area contributed by atoms with Crippen molar-refractivity contribution in [2.45, 2.75) is 26.8 Å². The van der Waals surface area contributed by atoms with Crippen LogP contribution in [0.5, 0.6) is 5.75 Å². The number of benzene rings is 2. The Labute approximate surface area is 126 Å². The third kappa shape index (κ3) is 3.56. The van der Waals surface area contributed by atoms with Crippen LogP contribution in [0.2, 0.25) is 0 Å². The standard InChI is InChI=1S/C18H23NO2/c1-18(2,3)17(14-8-6-5-7-9-14)19(20)15-10-12-16(21-4)13-11-15/h5-13,17,20H,1-4H3. The molecule has 1 N–H and O–H groups in total. The molecule has 0 aliphatic rings. The van der Waals surface area contributed by atoms with Crippen molar-refractivity contribution in [1.82, 2.24) is 0 Å². The first-order valence-corrected chi connectivity index (χ1v) is 7.10. The lowest BCUT2D eigenvalue weighted by molar-refractivity contribution is 0.148. The van der Waals surface area contributed by atoms with E-state index in [-0.39, 0.29) is 11.5 Å². The molecule has 0 aromatic heterocycles. The molecule has 2 aromatic rings. The third-order valence-corrected chi connectivity index (χ3v) is 3.52. The smallest absolute Gasteiger partial charge is 0.119 e. The van der Waals surface area contributed by atoms with Gasteiger partial charge in [-0.3, -0.25) is 5.21 Å². The van der Waals surface area contributed by atoms with Gasteiger partial charge in [-0.15, -0.1) is 0 Å². The number of rotatable bonds is 4. The fraction of sp³-hybridized carbons (Fsp3) is 0.333.